The van der Waals surface area contributed by atoms with Crippen LogP contribution in [0.1, 0.15) is 32.3 Å². The van der Waals surface area contributed by atoms with Gasteiger partial charge in [0, 0.05) is 22.6 Å². The first-order valence-corrected chi connectivity index (χ1v) is 15.4. The highest BCUT2D eigenvalue weighted by Gasteiger charge is 2.32. The van der Waals surface area contributed by atoms with Gasteiger partial charge in [0.1, 0.15) is 18.3 Å². The maximum Gasteiger partial charge on any atom is 0.264 e. The van der Waals surface area contributed by atoms with Crippen molar-refractivity contribution in [3.63, 3.8) is 0 Å². The third-order valence-corrected chi connectivity index (χ3v) is 8.87. The topological polar surface area (TPSA) is 96.0 Å². The van der Waals surface area contributed by atoms with Crippen molar-refractivity contribution >= 4 is 55.1 Å². The van der Waals surface area contributed by atoms with Gasteiger partial charge in [-0.05, 0) is 79.6 Å². The predicted octanol–water partition coefficient (Wildman–Crippen LogP) is 5.64. The van der Waals surface area contributed by atoms with Crippen LogP contribution in [0.25, 0.3) is 0 Å². The minimum atomic E-state index is -4.18. The number of nitrogens with one attached hydrogen (secondary N) is 1. The number of unbranched alkanes of at least 4 members (excludes halogenated alkanes) is 1. The molecule has 2 amide bonds. The predicted molar refractivity (Wildman–Crippen MR) is 161 cm³/mol. The van der Waals surface area contributed by atoms with Crippen molar-refractivity contribution in [1.82, 2.24) is 10.2 Å². The second-order valence-electron chi connectivity index (χ2n) is 9.13. The molecule has 3 rings (SSSR count). The lowest BCUT2D eigenvalue weighted by atomic mass is 10.1. The van der Waals surface area contributed by atoms with Crippen LogP contribution < -0.4 is 14.4 Å². The molecule has 1 N–H and O–H groups in total. The molecule has 0 heterocycles. The van der Waals surface area contributed by atoms with E-state index in [2.05, 4.69) is 21.2 Å². The van der Waals surface area contributed by atoms with Gasteiger partial charge in [-0.15, -0.1) is 0 Å². The third kappa shape index (κ3) is 8.22. The Balaban J connectivity index is 1.99. The summed E-state index contributed by atoms with van der Waals surface area (Å²) in [5.41, 5.74) is 1.05. The molecule has 0 fully saturated rings. The summed E-state index contributed by atoms with van der Waals surface area (Å²) in [5.74, 6) is -0.347. The monoisotopic (exact) mass is 649 g/mol. The summed E-state index contributed by atoms with van der Waals surface area (Å²) >= 11 is 9.47. The average molecular weight is 651 g/mol. The first-order chi connectivity index (χ1) is 19.1. The van der Waals surface area contributed by atoms with Crippen LogP contribution in [0.3, 0.4) is 0 Å². The average Bonchev–Trinajstić information content (AvgIpc) is 2.95. The zero-order chi connectivity index (χ0) is 29.3. The Labute approximate surface area is 249 Å². The van der Waals surface area contributed by atoms with Crippen molar-refractivity contribution < 1.29 is 22.7 Å². The van der Waals surface area contributed by atoms with E-state index in [9.17, 15) is 18.0 Å². The van der Waals surface area contributed by atoms with Crippen LogP contribution in [0.5, 0.6) is 5.75 Å². The normalized spacial score (nSPS) is 11.9. The van der Waals surface area contributed by atoms with Gasteiger partial charge in [0.15, 0.2) is 0 Å². The van der Waals surface area contributed by atoms with Crippen molar-refractivity contribution in [1.29, 1.82) is 0 Å². The fourth-order valence-electron chi connectivity index (χ4n) is 3.92. The Morgan fingerprint density at radius 1 is 1.00 bits per heavy atom. The van der Waals surface area contributed by atoms with E-state index >= 15 is 0 Å². The van der Waals surface area contributed by atoms with Crippen LogP contribution in [0.15, 0.2) is 82.2 Å². The number of anilines is 1. The maximum atomic E-state index is 13.9. The van der Waals surface area contributed by atoms with E-state index in [4.69, 9.17) is 16.3 Å². The van der Waals surface area contributed by atoms with E-state index in [-0.39, 0.29) is 23.0 Å². The van der Waals surface area contributed by atoms with Gasteiger partial charge in [-0.2, -0.15) is 0 Å². The summed E-state index contributed by atoms with van der Waals surface area (Å²) in [5, 5.41) is 3.30. The van der Waals surface area contributed by atoms with Gasteiger partial charge in [-0.1, -0.05) is 53.0 Å². The van der Waals surface area contributed by atoms with Crippen molar-refractivity contribution in [2.24, 2.45) is 0 Å². The van der Waals surface area contributed by atoms with Gasteiger partial charge in [0.25, 0.3) is 10.0 Å². The fraction of sp³-hybridized carbons (Fsp3) is 0.310. The Kier molecular flexibility index (Phi) is 11.4. The van der Waals surface area contributed by atoms with Crippen LogP contribution in [-0.2, 0) is 26.2 Å². The SMILES string of the molecule is CCCCNC(=O)[C@@H](C)N(Cc1ccc(Br)cc1)C(=O)CN(c1ccc(Cl)cc1)S(=O)(=O)c1ccc(OC)cc1. The van der Waals surface area contributed by atoms with E-state index in [1.807, 2.05) is 31.2 Å². The minimum absolute atomic E-state index is 0.0131. The molecule has 0 aliphatic heterocycles. The number of hydrogen-bond acceptors (Lipinski definition) is 5. The van der Waals surface area contributed by atoms with Crippen LogP contribution in [-0.4, -0.2) is 51.4 Å². The lowest BCUT2D eigenvalue weighted by Crippen LogP contribution is -2.51. The molecule has 0 aliphatic rings. The molecule has 0 spiro atoms. The van der Waals surface area contributed by atoms with Crippen LogP contribution in [0, 0.1) is 0 Å². The number of hydrogen-bond donors (Lipinski definition) is 1. The Morgan fingerprint density at radius 2 is 1.62 bits per heavy atom. The molecular weight excluding hydrogens is 618 g/mol. The van der Waals surface area contributed by atoms with Gasteiger partial charge in [0.2, 0.25) is 11.8 Å². The van der Waals surface area contributed by atoms with E-state index < -0.39 is 28.5 Å². The molecule has 0 saturated heterocycles. The number of benzene rings is 3. The van der Waals surface area contributed by atoms with Gasteiger partial charge in [0.05, 0.1) is 17.7 Å². The maximum absolute atomic E-state index is 13.9. The summed E-state index contributed by atoms with van der Waals surface area (Å²) in [6.45, 7) is 3.74. The summed E-state index contributed by atoms with van der Waals surface area (Å²) < 4.78 is 34.8. The lowest BCUT2D eigenvalue weighted by molar-refractivity contribution is -0.139. The molecule has 1 atom stereocenters. The third-order valence-electron chi connectivity index (χ3n) is 6.30. The molecule has 0 saturated carbocycles. The largest absolute Gasteiger partial charge is 0.497 e. The molecule has 0 aliphatic carbocycles. The minimum Gasteiger partial charge on any atom is -0.497 e. The second kappa shape index (κ2) is 14.5. The zero-order valence-electron chi connectivity index (χ0n) is 22.6. The molecule has 0 aromatic heterocycles. The van der Waals surface area contributed by atoms with Gasteiger partial charge in [-0.3, -0.25) is 13.9 Å². The standard InChI is InChI=1S/C29H33BrClN3O5S/c1-4-5-18-32-29(36)21(2)33(19-22-6-8-23(30)9-7-22)28(35)20-34(25-12-10-24(31)11-13-25)40(37,38)27-16-14-26(39-3)15-17-27/h6-17,21H,4-5,18-20H2,1-3H3,(H,32,36)/t21-/m1/s1. The van der Waals surface area contributed by atoms with E-state index in [0.717, 1.165) is 27.2 Å². The Morgan fingerprint density at radius 3 is 2.20 bits per heavy atom. The first kappa shape index (κ1) is 31.4. The number of nitrogens with zero attached hydrogens (tertiary/aromatic N) is 2. The number of ether oxygens (including phenoxy) is 1. The molecule has 3 aromatic carbocycles. The smallest absolute Gasteiger partial charge is 0.264 e. The lowest BCUT2D eigenvalue weighted by Gasteiger charge is -2.32. The zero-order valence-corrected chi connectivity index (χ0v) is 25.8. The van der Waals surface area contributed by atoms with Gasteiger partial charge >= 0.3 is 0 Å². The molecule has 0 bridgehead atoms. The van der Waals surface area contributed by atoms with Crippen LogP contribution in [0.2, 0.25) is 5.02 Å². The van der Waals surface area contributed by atoms with E-state index in [1.54, 1.807) is 19.1 Å². The molecular formula is C29H33BrClN3O5S. The Hall–Kier alpha value is -3.08. The highest BCUT2D eigenvalue weighted by Crippen LogP contribution is 2.27. The van der Waals surface area contributed by atoms with Crippen LogP contribution in [0.4, 0.5) is 5.69 Å². The molecule has 0 unspecified atom stereocenters. The number of methoxy groups -OCH3 is 1. The molecule has 3 aromatic rings. The highest BCUT2D eigenvalue weighted by molar-refractivity contribution is 9.10. The van der Waals surface area contributed by atoms with Gasteiger partial charge in [-0.25, -0.2) is 8.42 Å². The molecule has 8 nitrogen and oxygen atoms in total. The van der Waals surface area contributed by atoms with Crippen molar-refractivity contribution in [2.45, 2.75) is 44.2 Å². The van der Waals surface area contributed by atoms with Crippen molar-refractivity contribution in [2.75, 3.05) is 24.5 Å². The molecule has 11 heteroatoms. The summed E-state index contributed by atoms with van der Waals surface area (Å²) in [4.78, 5) is 28.3. The first-order valence-electron chi connectivity index (χ1n) is 12.8. The number of sulfonamides is 1. The summed E-state index contributed by atoms with van der Waals surface area (Å²) in [6, 6.07) is 18.6. The van der Waals surface area contributed by atoms with Crippen LogP contribution >= 0.6 is 27.5 Å². The Bertz CT molecular complexity index is 1380. The van der Waals surface area contributed by atoms with E-state index in [0.29, 0.717) is 17.3 Å². The fourth-order valence-corrected chi connectivity index (χ4v) is 5.72. The van der Waals surface area contributed by atoms with Crippen molar-refractivity contribution in [3.05, 3.63) is 87.9 Å². The van der Waals surface area contributed by atoms with Gasteiger partial charge < -0.3 is 15.0 Å². The summed E-state index contributed by atoms with van der Waals surface area (Å²) in [7, 11) is -2.69. The van der Waals surface area contributed by atoms with Crippen molar-refractivity contribution in [3.8, 4) is 5.75 Å². The highest BCUT2D eigenvalue weighted by atomic mass is 79.9. The quantitative estimate of drug-likeness (QED) is 0.242. The number of halogens is 2. The number of rotatable bonds is 13. The number of amides is 2. The number of carbonyl (C=O) groups excluding carboxylic acids is 2. The molecule has 0 radical (unpaired) electrons. The molecule has 40 heavy (non-hydrogen) atoms. The number of carbonyl (C=O) groups is 2. The summed E-state index contributed by atoms with van der Waals surface area (Å²) in [6.07, 6.45) is 1.72. The van der Waals surface area contributed by atoms with E-state index in [1.165, 1.54) is 48.4 Å². The molecule has 214 valence electrons. The second-order valence-corrected chi connectivity index (χ2v) is 12.3.